The minimum atomic E-state index is -0.329. The highest BCUT2D eigenvalue weighted by molar-refractivity contribution is 6.33. The van der Waals surface area contributed by atoms with E-state index in [0.29, 0.717) is 10.7 Å². The van der Waals surface area contributed by atoms with Crippen LogP contribution in [0.15, 0.2) is 24.3 Å². The molecule has 0 radical (unpaired) electrons. The molecule has 2 N–H and O–H groups in total. The maximum absolute atomic E-state index is 11.5. The Hall–Kier alpha value is -1.10. The summed E-state index contributed by atoms with van der Waals surface area (Å²) in [5.41, 5.74) is 2.88. The second-order valence-electron chi connectivity index (χ2n) is 4.56. The molecule has 0 fully saturated rings. The van der Waals surface area contributed by atoms with Gasteiger partial charge in [-0.05, 0) is 32.9 Å². The van der Waals surface area contributed by atoms with Gasteiger partial charge in [-0.25, -0.2) is 0 Å². The molecule has 0 aliphatic carbocycles. The summed E-state index contributed by atoms with van der Waals surface area (Å²) in [4.78, 5) is 16.8. The van der Waals surface area contributed by atoms with Crippen LogP contribution in [0.2, 0.25) is 5.02 Å². The normalized spacial score (nSPS) is 11.3. The number of amides is 1. The Labute approximate surface area is 106 Å². The van der Waals surface area contributed by atoms with Crippen molar-refractivity contribution in [2.75, 3.05) is 11.9 Å². The molecule has 0 aromatic heterocycles. The maximum Gasteiger partial charge on any atom is 0.240 e. The third-order valence-electron chi connectivity index (χ3n) is 1.76. The molecule has 0 saturated carbocycles. The molecule has 1 aromatic carbocycles. The van der Waals surface area contributed by atoms with E-state index in [1.165, 1.54) is 0 Å². The molecule has 4 nitrogen and oxygen atoms in total. The van der Waals surface area contributed by atoms with Crippen molar-refractivity contribution < 1.29 is 9.63 Å². The molecule has 1 aromatic rings. The topological polar surface area (TPSA) is 50.4 Å². The lowest BCUT2D eigenvalue weighted by Gasteiger charge is -2.19. The standard InChI is InChI=1S/C12H17ClN2O2/c1-12(2,3)17-14-8-11(16)15-10-7-5-4-6-9(10)13/h4-7,14H,8H2,1-3H3,(H,15,16). The highest BCUT2D eigenvalue weighted by atomic mass is 35.5. The number of carbonyl (C=O) groups excluding carboxylic acids is 1. The van der Waals surface area contributed by atoms with Crippen molar-refractivity contribution in [2.24, 2.45) is 0 Å². The molecule has 0 spiro atoms. The Morgan fingerprint density at radius 3 is 2.59 bits per heavy atom. The number of nitrogens with one attached hydrogen (secondary N) is 2. The fourth-order valence-corrected chi connectivity index (χ4v) is 1.26. The van der Waals surface area contributed by atoms with Crippen molar-refractivity contribution in [1.82, 2.24) is 5.48 Å². The third kappa shape index (κ3) is 5.68. The number of benzene rings is 1. The first-order chi connectivity index (χ1) is 7.88. The summed E-state index contributed by atoms with van der Waals surface area (Å²) in [6, 6.07) is 7.07. The molecule has 0 unspecified atom stereocenters. The predicted octanol–water partition coefficient (Wildman–Crippen LogP) is 2.60. The Bertz CT molecular complexity index is 388. The minimum absolute atomic E-state index is 0.0719. The first-order valence-corrected chi connectivity index (χ1v) is 5.71. The van der Waals surface area contributed by atoms with Gasteiger partial charge in [-0.15, -0.1) is 0 Å². The monoisotopic (exact) mass is 256 g/mol. The molecule has 0 atom stereocenters. The van der Waals surface area contributed by atoms with E-state index in [9.17, 15) is 4.79 Å². The van der Waals surface area contributed by atoms with Crippen molar-refractivity contribution >= 4 is 23.2 Å². The molecule has 0 heterocycles. The highest BCUT2D eigenvalue weighted by Crippen LogP contribution is 2.19. The Balaban J connectivity index is 2.38. The molecule has 17 heavy (non-hydrogen) atoms. The van der Waals surface area contributed by atoms with Crippen molar-refractivity contribution in [1.29, 1.82) is 0 Å². The summed E-state index contributed by atoms with van der Waals surface area (Å²) in [7, 11) is 0. The quantitative estimate of drug-likeness (QED) is 0.815. The summed E-state index contributed by atoms with van der Waals surface area (Å²) in [5.74, 6) is -0.206. The molecular weight excluding hydrogens is 240 g/mol. The Morgan fingerprint density at radius 1 is 1.35 bits per heavy atom. The summed E-state index contributed by atoms with van der Waals surface area (Å²) < 4.78 is 0. The van der Waals surface area contributed by atoms with Gasteiger partial charge in [-0.3, -0.25) is 9.63 Å². The van der Waals surface area contributed by atoms with Crippen LogP contribution in [-0.2, 0) is 9.63 Å². The van der Waals surface area contributed by atoms with Crippen LogP contribution in [0.25, 0.3) is 0 Å². The lowest BCUT2D eigenvalue weighted by Crippen LogP contribution is -2.34. The first-order valence-electron chi connectivity index (χ1n) is 5.34. The number of hydroxylamine groups is 1. The van der Waals surface area contributed by atoms with Gasteiger partial charge in [0.2, 0.25) is 5.91 Å². The summed E-state index contributed by atoms with van der Waals surface area (Å²) >= 11 is 5.91. The second kappa shape index (κ2) is 6.00. The number of hydrogen-bond acceptors (Lipinski definition) is 3. The van der Waals surface area contributed by atoms with Gasteiger partial charge in [0.05, 0.1) is 16.3 Å². The Morgan fingerprint density at radius 2 is 2.00 bits per heavy atom. The zero-order chi connectivity index (χ0) is 12.9. The number of halogens is 1. The number of rotatable bonds is 4. The smallest absolute Gasteiger partial charge is 0.240 e. The number of para-hydroxylation sites is 1. The average Bonchev–Trinajstić information content (AvgIpc) is 2.19. The molecule has 5 heteroatoms. The van der Waals surface area contributed by atoms with Crippen LogP contribution >= 0.6 is 11.6 Å². The van der Waals surface area contributed by atoms with Crippen LogP contribution in [0.4, 0.5) is 5.69 Å². The van der Waals surface area contributed by atoms with E-state index >= 15 is 0 Å². The van der Waals surface area contributed by atoms with E-state index in [1.54, 1.807) is 24.3 Å². The number of hydrogen-bond donors (Lipinski definition) is 2. The molecule has 1 rings (SSSR count). The van der Waals surface area contributed by atoms with Gasteiger partial charge in [0.1, 0.15) is 6.54 Å². The van der Waals surface area contributed by atoms with Crippen LogP contribution < -0.4 is 10.8 Å². The average molecular weight is 257 g/mol. The fourth-order valence-electron chi connectivity index (χ4n) is 1.08. The molecule has 0 aliphatic heterocycles. The van der Waals surface area contributed by atoms with Crippen LogP contribution in [0.3, 0.4) is 0 Å². The molecular formula is C12H17ClN2O2. The highest BCUT2D eigenvalue weighted by Gasteiger charge is 2.11. The van der Waals surface area contributed by atoms with Crippen molar-refractivity contribution in [3.8, 4) is 0 Å². The van der Waals surface area contributed by atoms with Gasteiger partial charge in [0.15, 0.2) is 0 Å². The largest absolute Gasteiger partial charge is 0.324 e. The zero-order valence-electron chi connectivity index (χ0n) is 10.2. The van der Waals surface area contributed by atoms with Gasteiger partial charge in [-0.2, -0.15) is 5.48 Å². The SMILES string of the molecule is CC(C)(C)ONCC(=O)Nc1ccccc1Cl. The molecule has 0 aliphatic rings. The van der Waals surface area contributed by atoms with Gasteiger partial charge in [-0.1, -0.05) is 23.7 Å². The van der Waals surface area contributed by atoms with E-state index in [2.05, 4.69) is 10.8 Å². The van der Waals surface area contributed by atoms with Crippen molar-refractivity contribution in [3.05, 3.63) is 29.3 Å². The van der Waals surface area contributed by atoms with Gasteiger partial charge < -0.3 is 5.32 Å². The van der Waals surface area contributed by atoms with Crippen molar-refractivity contribution in [3.63, 3.8) is 0 Å². The molecule has 0 saturated heterocycles. The summed E-state index contributed by atoms with van der Waals surface area (Å²) in [6.07, 6.45) is 0. The Kier molecular flexibility index (Phi) is 4.93. The zero-order valence-corrected chi connectivity index (χ0v) is 11.0. The number of carbonyl (C=O) groups is 1. The maximum atomic E-state index is 11.5. The van der Waals surface area contributed by atoms with Crippen LogP contribution in [-0.4, -0.2) is 18.1 Å². The minimum Gasteiger partial charge on any atom is -0.324 e. The lowest BCUT2D eigenvalue weighted by molar-refractivity contribution is -0.122. The summed E-state index contributed by atoms with van der Waals surface area (Å²) in [6.45, 7) is 5.76. The van der Waals surface area contributed by atoms with Gasteiger partial charge in [0, 0.05) is 0 Å². The molecule has 94 valence electrons. The molecule has 1 amide bonds. The number of anilines is 1. The summed E-state index contributed by atoms with van der Waals surface area (Å²) in [5, 5.41) is 3.19. The second-order valence-corrected chi connectivity index (χ2v) is 4.97. The lowest BCUT2D eigenvalue weighted by atomic mass is 10.2. The third-order valence-corrected chi connectivity index (χ3v) is 2.09. The van der Waals surface area contributed by atoms with Gasteiger partial charge in [0.25, 0.3) is 0 Å². The first kappa shape index (κ1) is 14.0. The van der Waals surface area contributed by atoms with E-state index in [1.807, 2.05) is 20.8 Å². The van der Waals surface area contributed by atoms with E-state index in [4.69, 9.17) is 16.4 Å². The van der Waals surface area contributed by atoms with Crippen LogP contribution in [0.5, 0.6) is 0 Å². The van der Waals surface area contributed by atoms with Crippen LogP contribution in [0, 0.1) is 0 Å². The van der Waals surface area contributed by atoms with E-state index in [0.717, 1.165) is 0 Å². The van der Waals surface area contributed by atoms with Gasteiger partial charge >= 0.3 is 0 Å². The molecule has 0 bridgehead atoms. The van der Waals surface area contributed by atoms with E-state index < -0.39 is 0 Å². The van der Waals surface area contributed by atoms with Crippen molar-refractivity contribution in [2.45, 2.75) is 26.4 Å². The predicted molar refractivity (Wildman–Crippen MR) is 68.9 cm³/mol. The van der Waals surface area contributed by atoms with Crippen LogP contribution in [0.1, 0.15) is 20.8 Å². The fraction of sp³-hybridized carbons (Fsp3) is 0.417. The van der Waals surface area contributed by atoms with E-state index in [-0.39, 0.29) is 18.1 Å².